The third-order valence-corrected chi connectivity index (χ3v) is 6.04. The summed E-state index contributed by atoms with van der Waals surface area (Å²) in [6.07, 6.45) is 4.13. The van der Waals surface area contributed by atoms with Gasteiger partial charge >= 0.3 is 0 Å². The van der Waals surface area contributed by atoms with Gasteiger partial charge in [-0.2, -0.15) is 0 Å². The highest BCUT2D eigenvalue weighted by molar-refractivity contribution is 7.89. The van der Waals surface area contributed by atoms with Gasteiger partial charge in [-0.25, -0.2) is 17.5 Å². The Hall–Kier alpha value is -1.51. The lowest BCUT2D eigenvalue weighted by atomic mass is 9.98. The highest BCUT2D eigenvalue weighted by Crippen LogP contribution is 2.21. The van der Waals surface area contributed by atoms with Crippen molar-refractivity contribution in [2.75, 3.05) is 19.7 Å². The van der Waals surface area contributed by atoms with Crippen LogP contribution in [0.5, 0.6) is 0 Å². The molecule has 0 radical (unpaired) electrons. The fraction of sp³-hybridized carbons (Fsp3) is 0.588. The minimum Gasteiger partial charge on any atom is -0.396 e. The van der Waals surface area contributed by atoms with E-state index >= 15 is 0 Å². The summed E-state index contributed by atoms with van der Waals surface area (Å²) in [6.45, 7) is 1.87. The van der Waals surface area contributed by atoms with Crippen LogP contribution in [0.4, 0.5) is 4.39 Å². The molecule has 1 amide bonds. The molecule has 0 aliphatic carbocycles. The number of carbonyl (C=O) groups is 1. The number of carbonyl (C=O) groups excluding carboxylic acids is 1. The zero-order valence-corrected chi connectivity index (χ0v) is 15.2. The van der Waals surface area contributed by atoms with Gasteiger partial charge in [-0.15, -0.1) is 0 Å². The Morgan fingerprint density at radius 2 is 2.16 bits per heavy atom. The number of hydrogen-bond acceptors (Lipinski definition) is 4. The number of aliphatic hydroxyl groups excluding tert-OH is 1. The topological polar surface area (TPSA) is 86.7 Å². The SMILES string of the molecule is Cc1cc(F)ccc1S(=O)(=O)NCC(=O)N1CCCC[C@@H]1CCCO. The molecule has 0 spiro atoms. The molecule has 0 aromatic heterocycles. The molecule has 1 atom stereocenters. The van der Waals surface area contributed by atoms with E-state index in [2.05, 4.69) is 4.72 Å². The van der Waals surface area contributed by atoms with Crippen molar-refractivity contribution in [2.45, 2.75) is 50.0 Å². The van der Waals surface area contributed by atoms with Gasteiger partial charge in [-0.1, -0.05) is 0 Å². The van der Waals surface area contributed by atoms with Crippen molar-refractivity contribution in [3.63, 3.8) is 0 Å². The molecule has 0 bridgehead atoms. The summed E-state index contributed by atoms with van der Waals surface area (Å²) in [4.78, 5) is 14.1. The van der Waals surface area contributed by atoms with Crippen molar-refractivity contribution in [1.29, 1.82) is 0 Å². The van der Waals surface area contributed by atoms with Crippen molar-refractivity contribution in [1.82, 2.24) is 9.62 Å². The van der Waals surface area contributed by atoms with Gasteiger partial charge in [0.25, 0.3) is 0 Å². The highest BCUT2D eigenvalue weighted by Gasteiger charge is 2.27. The number of halogens is 1. The van der Waals surface area contributed by atoms with E-state index in [-0.39, 0.29) is 30.0 Å². The summed E-state index contributed by atoms with van der Waals surface area (Å²) >= 11 is 0. The van der Waals surface area contributed by atoms with Gasteiger partial charge in [0.05, 0.1) is 11.4 Å². The molecule has 1 aliphatic rings. The molecular weight excluding hydrogens is 347 g/mol. The van der Waals surface area contributed by atoms with Gasteiger partial charge in [0.15, 0.2) is 0 Å². The molecule has 2 N–H and O–H groups in total. The van der Waals surface area contributed by atoms with Crippen molar-refractivity contribution < 1.29 is 22.7 Å². The van der Waals surface area contributed by atoms with Crippen molar-refractivity contribution in [3.8, 4) is 0 Å². The second-order valence-electron chi connectivity index (χ2n) is 6.34. The molecule has 140 valence electrons. The molecular formula is C17H25FN2O4S. The fourth-order valence-electron chi connectivity index (χ4n) is 3.21. The Kier molecular flexibility index (Phi) is 6.92. The molecule has 2 rings (SSSR count). The molecule has 1 heterocycles. The smallest absolute Gasteiger partial charge is 0.241 e. The van der Waals surface area contributed by atoms with Crippen LogP contribution in [0.1, 0.15) is 37.7 Å². The van der Waals surface area contributed by atoms with Crippen LogP contribution in [-0.4, -0.2) is 50.1 Å². The Bertz CT molecular complexity index is 709. The fourth-order valence-corrected chi connectivity index (χ4v) is 4.41. The minimum absolute atomic E-state index is 0.0304. The molecule has 0 unspecified atom stereocenters. The number of benzene rings is 1. The van der Waals surface area contributed by atoms with Crippen LogP contribution in [-0.2, 0) is 14.8 Å². The molecule has 6 nitrogen and oxygen atoms in total. The molecule has 1 aromatic rings. The second-order valence-corrected chi connectivity index (χ2v) is 8.07. The number of nitrogens with zero attached hydrogens (tertiary/aromatic N) is 1. The largest absolute Gasteiger partial charge is 0.396 e. The summed E-state index contributed by atoms with van der Waals surface area (Å²) < 4.78 is 40.2. The third-order valence-electron chi connectivity index (χ3n) is 4.48. The van der Waals surface area contributed by atoms with Crippen LogP contribution in [0.25, 0.3) is 0 Å². The van der Waals surface area contributed by atoms with Gasteiger partial charge in [0, 0.05) is 19.2 Å². The van der Waals surface area contributed by atoms with Crippen LogP contribution in [0.15, 0.2) is 23.1 Å². The first-order chi connectivity index (χ1) is 11.8. The predicted molar refractivity (Wildman–Crippen MR) is 92.0 cm³/mol. The number of likely N-dealkylation sites (tertiary alicyclic amines) is 1. The maximum absolute atomic E-state index is 13.1. The number of hydrogen-bond donors (Lipinski definition) is 2. The molecule has 1 aliphatic heterocycles. The molecule has 0 saturated carbocycles. The standard InChI is InChI=1S/C17H25FN2O4S/c1-13-11-14(18)7-8-16(13)25(23,24)19-12-17(22)20-9-3-2-5-15(20)6-4-10-21/h7-8,11,15,19,21H,2-6,9-10,12H2,1H3/t15-/m1/s1. The van der Waals surface area contributed by atoms with Gasteiger partial charge < -0.3 is 10.0 Å². The highest BCUT2D eigenvalue weighted by atomic mass is 32.2. The van der Waals surface area contributed by atoms with E-state index in [0.29, 0.717) is 24.9 Å². The lowest BCUT2D eigenvalue weighted by Crippen LogP contribution is -2.48. The van der Waals surface area contributed by atoms with Gasteiger partial charge in [0.1, 0.15) is 5.82 Å². The van der Waals surface area contributed by atoms with Gasteiger partial charge in [0.2, 0.25) is 15.9 Å². The lowest BCUT2D eigenvalue weighted by Gasteiger charge is -2.36. The monoisotopic (exact) mass is 372 g/mol. The molecule has 8 heteroatoms. The van der Waals surface area contributed by atoms with Crippen LogP contribution < -0.4 is 4.72 Å². The maximum atomic E-state index is 13.1. The van der Waals surface area contributed by atoms with Gasteiger partial charge in [-0.3, -0.25) is 4.79 Å². The number of aliphatic hydroxyl groups is 1. The number of piperidine rings is 1. The summed E-state index contributed by atoms with van der Waals surface area (Å²) in [7, 11) is -3.88. The number of aryl methyl sites for hydroxylation is 1. The Labute approximate surface area is 148 Å². The average Bonchev–Trinajstić information content (AvgIpc) is 2.58. The van der Waals surface area contributed by atoms with Crippen LogP contribution in [0.3, 0.4) is 0 Å². The predicted octanol–water partition coefficient (Wildman–Crippen LogP) is 1.57. The third kappa shape index (κ3) is 5.23. The van der Waals surface area contributed by atoms with Crippen molar-refractivity contribution in [3.05, 3.63) is 29.6 Å². The second kappa shape index (κ2) is 8.73. The Morgan fingerprint density at radius 1 is 1.40 bits per heavy atom. The summed E-state index contributed by atoms with van der Waals surface area (Å²) in [5, 5.41) is 8.98. The Morgan fingerprint density at radius 3 is 2.84 bits per heavy atom. The molecule has 25 heavy (non-hydrogen) atoms. The maximum Gasteiger partial charge on any atom is 0.241 e. The number of nitrogens with one attached hydrogen (secondary N) is 1. The first-order valence-electron chi connectivity index (χ1n) is 8.51. The Balaban J connectivity index is 2.02. The number of rotatable bonds is 7. The number of amides is 1. The first-order valence-corrected chi connectivity index (χ1v) is 9.99. The van der Waals surface area contributed by atoms with E-state index in [1.54, 1.807) is 4.90 Å². The van der Waals surface area contributed by atoms with E-state index in [1.165, 1.54) is 13.0 Å². The van der Waals surface area contributed by atoms with E-state index < -0.39 is 15.8 Å². The summed E-state index contributed by atoms with van der Waals surface area (Å²) in [6, 6.07) is 3.47. The first kappa shape index (κ1) is 19.8. The van der Waals surface area contributed by atoms with E-state index in [1.807, 2.05) is 0 Å². The van der Waals surface area contributed by atoms with E-state index in [0.717, 1.165) is 31.4 Å². The number of sulfonamides is 1. The zero-order chi connectivity index (χ0) is 18.4. The van der Waals surface area contributed by atoms with Crippen molar-refractivity contribution in [2.24, 2.45) is 0 Å². The zero-order valence-electron chi connectivity index (χ0n) is 14.4. The summed E-state index contributed by atoms with van der Waals surface area (Å²) in [5.74, 6) is -0.779. The van der Waals surface area contributed by atoms with Crippen LogP contribution in [0.2, 0.25) is 0 Å². The summed E-state index contributed by atoms with van der Waals surface area (Å²) in [5.41, 5.74) is 0.291. The average molecular weight is 372 g/mol. The van der Waals surface area contributed by atoms with Crippen LogP contribution >= 0.6 is 0 Å². The van der Waals surface area contributed by atoms with Crippen LogP contribution in [0, 0.1) is 12.7 Å². The molecule has 1 aromatic carbocycles. The lowest BCUT2D eigenvalue weighted by molar-refractivity contribution is -0.133. The van der Waals surface area contributed by atoms with E-state index in [4.69, 9.17) is 5.11 Å². The van der Waals surface area contributed by atoms with Gasteiger partial charge in [-0.05, 0) is 62.8 Å². The van der Waals surface area contributed by atoms with E-state index in [9.17, 15) is 17.6 Å². The molecule has 1 fully saturated rings. The molecule has 1 saturated heterocycles. The minimum atomic E-state index is -3.88. The van der Waals surface area contributed by atoms with Crippen molar-refractivity contribution >= 4 is 15.9 Å². The quantitative estimate of drug-likeness (QED) is 0.761. The normalized spacial score (nSPS) is 18.4.